The summed E-state index contributed by atoms with van der Waals surface area (Å²) in [4.78, 5) is 12.5. The highest BCUT2D eigenvalue weighted by atomic mass is 16.5. The van der Waals surface area contributed by atoms with E-state index in [0.29, 0.717) is 18.5 Å². The summed E-state index contributed by atoms with van der Waals surface area (Å²) in [5, 5.41) is 3.45. The van der Waals surface area contributed by atoms with Gasteiger partial charge in [0.05, 0.1) is 24.8 Å². The number of hydrogen-bond acceptors (Lipinski definition) is 6. The molecule has 1 N–H and O–H groups in total. The standard InChI is InChI=1S/C15H21N5O2/c1-3-21-15-7-14(17-9-18-15)19-11-4-5-22-13(6-11)12-8-16-10-20(12)2/h7-11,13H,3-6H2,1-2H3,(H,17,18,19). The normalized spacial score (nSPS) is 21.5. The smallest absolute Gasteiger partial charge is 0.218 e. The Morgan fingerprint density at radius 2 is 2.36 bits per heavy atom. The van der Waals surface area contributed by atoms with Crippen molar-refractivity contribution in [2.24, 2.45) is 7.05 Å². The molecule has 2 aromatic rings. The van der Waals surface area contributed by atoms with Gasteiger partial charge in [-0.2, -0.15) is 0 Å². The van der Waals surface area contributed by atoms with E-state index >= 15 is 0 Å². The molecular weight excluding hydrogens is 282 g/mol. The molecule has 3 rings (SSSR count). The van der Waals surface area contributed by atoms with Gasteiger partial charge in [0.1, 0.15) is 18.2 Å². The van der Waals surface area contributed by atoms with Crippen molar-refractivity contribution >= 4 is 5.82 Å². The zero-order chi connectivity index (χ0) is 15.4. The van der Waals surface area contributed by atoms with Gasteiger partial charge in [-0.05, 0) is 19.8 Å². The molecule has 3 heterocycles. The molecule has 2 atom stereocenters. The van der Waals surface area contributed by atoms with Gasteiger partial charge in [0, 0.05) is 25.8 Å². The summed E-state index contributed by atoms with van der Waals surface area (Å²) in [5.74, 6) is 1.38. The lowest BCUT2D eigenvalue weighted by molar-refractivity contribution is 0.00554. The Hall–Kier alpha value is -2.15. The first-order valence-electron chi connectivity index (χ1n) is 7.55. The molecule has 7 heteroatoms. The van der Waals surface area contributed by atoms with Crippen LogP contribution in [0.4, 0.5) is 5.82 Å². The van der Waals surface area contributed by atoms with Gasteiger partial charge in [-0.1, -0.05) is 0 Å². The van der Waals surface area contributed by atoms with Crippen LogP contribution in [0.2, 0.25) is 0 Å². The van der Waals surface area contributed by atoms with E-state index < -0.39 is 0 Å². The SMILES string of the molecule is CCOc1cc(NC2CCOC(c3cncn3C)C2)ncn1. The van der Waals surface area contributed by atoms with E-state index in [1.54, 1.807) is 6.33 Å². The number of nitrogens with zero attached hydrogens (tertiary/aromatic N) is 4. The zero-order valence-corrected chi connectivity index (χ0v) is 12.9. The molecule has 2 unspecified atom stereocenters. The van der Waals surface area contributed by atoms with Gasteiger partial charge in [-0.3, -0.25) is 0 Å². The predicted octanol–water partition coefficient (Wildman–Crippen LogP) is 1.94. The molecule has 22 heavy (non-hydrogen) atoms. The highest BCUT2D eigenvalue weighted by Crippen LogP contribution is 2.29. The average molecular weight is 303 g/mol. The van der Waals surface area contributed by atoms with Gasteiger partial charge in [-0.15, -0.1) is 0 Å². The van der Waals surface area contributed by atoms with E-state index in [1.165, 1.54) is 6.33 Å². The lowest BCUT2D eigenvalue weighted by atomic mass is 10.0. The van der Waals surface area contributed by atoms with Crippen LogP contribution in [-0.2, 0) is 11.8 Å². The van der Waals surface area contributed by atoms with Crippen molar-refractivity contribution in [1.29, 1.82) is 0 Å². The summed E-state index contributed by atoms with van der Waals surface area (Å²) < 4.78 is 13.3. The van der Waals surface area contributed by atoms with E-state index in [2.05, 4.69) is 20.3 Å². The fourth-order valence-corrected chi connectivity index (χ4v) is 2.67. The van der Waals surface area contributed by atoms with Crippen LogP contribution in [0.25, 0.3) is 0 Å². The van der Waals surface area contributed by atoms with E-state index in [0.717, 1.165) is 31.0 Å². The maximum absolute atomic E-state index is 5.88. The Balaban J connectivity index is 1.65. The van der Waals surface area contributed by atoms with Crippen LogP contribution in [0.3, 0.4) is 0 Å². The summed E-state index contributed by atoms with van der Waals surface area (Å²) in [6.07, 6.45) is 7.08. The molecule has 1 aliphatic heterocycles. The van der Waals surface area contributed by atoms with Gasteiger partial charge in [0.15, 0.2) is 0 Å². The highest BCUT2D eigenvalue weighted by Gasteiger charge is 2.26. The first kappa shape index (κ1) is 14.8. The average Bonchev–Trinajstić information content (AvgIpc) is 2.94. The molecule has 1 aliphatic rings. The lowest BCUT2D eigenvalue weighted by Gasteiger charge is -2.30. The number of anilines is 1. The summed E-state index contributed by atoms with van der Waals surface area (Å²) in [6, 6.07) is 2.14. The fourth-order valence-electron chi connectivity index (χ4n) is 2.67. The van der Waals surface area contributed by atoms with E-state index in [-0.39, 0.29) is 6.10 Å². The second-order valence-electron chi connectivity index (χ2n) is 5.33. The number of nitrogens with one attached hydrogen (secondary N) is 1. The lowest BCUT2D eigenvalue weighted by Crippen LogP contribution is -2.31. The molecule has 0 bridgehead atoms. The Morgan fingerprint density at radius 3 is 3.14 bits per heavy atom. The maximum Gasteiger partial charge on any atom is 0.218 e. The molecule has 0 radical (unpaired) electrons. The molecule has 0 amide bonds. The summed E-state index contributed by atoms with van der Waals surface area (Å²) >= 11 is 0. The van der Waals surface area contributed by atoms with Crippen LogP contribution >= 0.6 is 0 Å². The minimum atomic E-state index is 0.0620. The van der Waals surface area contributed by atoms with Gasteiger partial charge in [0.25, 0.3) is 0 Å². The van der Waals surface area contributed by atoms with Crippen molar-refractivity contribution in [1.82, 2.24) is 19.5 Å². The second kappa shape index (κ2) is 6.74. The Labute approximate surface area is 129 Å². The maximum atomic E-state index is 5.88. The number of aryl methyl sites for hydroxylation is 1. The van der Waals surface area contributed by atoms with Crippen molar-refractivity contribution in [3.63, 3.8) is 0 Å². The number of hydrogen-bond donors (Lipinski definition) is 1. The first-order valence-corrected chi connectivity index (χ1v) is 7.55. The van der Waals surface area contributed by atoms with Crippen LogP contribution in [0.15, 0.2) is 24.9 Å². The van der Waals surface area contributed by atoms with Crippen molar-refractivity contribution in [3.05, 3.63) is 30.6 Å². The third-order valence-electron chi connectivity index (χ3n) is 3.75. The van der Waals surface area contributed by atoms with Crippen molar-refractivity contribution in [3.8, 4) is 5.88 Å². The quantitative estimate of drug-likeness (QED) is 0.910. The van der Waals surface area contributed by atoms with Crippen molar-refractivity contribution in [2.45, 2.75) is 31.9 Å². The molecule has 0 aliphatic carbocycles. The molecule has 0 aromatic carbocycles. The third-order valence-corrected chi connectivity index (χ3v) is 3.75. The third kappa shape index (κ3) is 3.36. The topological polar surface area (TPSA) is 74.1 Å². The van der Waals surface area contributed by atoms with Gasteiger partial charge < -0.3 is 19.4 Å². The second-order valence-corrected chi connectivity index (χ2v) is 5.33. The number of rotatable bonds is 5. The first-order chi connectivity index (χ1) is 10.8. The molecule has 0 saturated carbocycles. The predicted molar refractivity (Wildman–Crippen MR) is 81.7 cm³/mol. The fraction of sp³-hybridized carbons (Fsp3) is 0.533. The minimum absolute atomic E-state index is 0.0620. The molecule has 2 aromatic heterocycles. The van der Waals surface area contributed by atoms with Crippen LogP contribution in [0, 0.1) is 0 Å². The van der Waals surface area contributed by atoms with Crippen molar-refractivity contribution < 1.29 is 9.47 Å². The van der Waals surface area contributed by atoms with Crippen LogP contribution in [0.5, 0.6) is 5.88 Å². The van der Waals surface area contributed by atoms with E-state index in [1.807, 2.05) is 30.8 Å². The van der Waals surface area contributed by atoms with Gasteiger partial charge >= 0.3 is 0 Å². The number of imidazole rings is 1. The van der Waals surface area contributed by atoms with E-state index in [4.69, 9.17) is 9.47 Å². The molecule has 1 saturated heterocycles. The monoisotopic (exact) mass is 303 g/mol. The van der Waals surface area contributed by atoms with Gasteiger partial charge in [0.2, 0.25) is 5.88 Å². The Morgan fingerprint density at radius 1 is 1.45 bits per heavy atom. The van der Waals surface area contributed by atoms with Crippen LogP contribution in [0.1, 0.15) is 31.6 Å². The Kier molecular flexibility index (Phi) is 4.53. The number of aromatic nitrogens is 4. The molecular formula is C15H21N5O2. The molecule has 1 fully saturated rings. The van der Waals surface area contributed by atoms with Crippen molar-refractivity contribution in [2.75, 3.05) is 18.5 Å². The largest absolute Gasteiger partial charge is 0.478 e. The van der Waals surface area contributed by atoms with Crippen LogP contribution < -0.4 is 10.1 Å². The summed E-state index contributed by atoms with van der Waals surface area (Å²) in [6.45, 7) is 3.25. The van der Waals surface area contributed by atoms with Crippen LogP contribution in [-0.4, -0.2) is 38.8 Å². The molecule has 118 valence electrons. The zero-order valence-electron chi connectivity index (χ0n) is 12.9. The minimum Gasteiger partial charge on any atom is -0.478 e. The highest BCUT2D eigenvalue weighted by molar-refractivity contribution is 5.38. The van der Waals surface area contributed by atoms with Gasteiger partial charge in [-0.25, -0.2) is 15.0 Å². The summed E-state index contributed by atoms with van der Waals surface area (Å²) in [5.41, 5.74) is 1.10. The summed E-state index contributed by atoms with van der Waals surface area (Å²) in [7, 11) is 1.99. The number of ether oxygens (including phenoxy) is 2. The Bertz CT molecular complexity index is 615. The molecule has 7 nitrogen and oxygen atoms in total. The molecule has 0 spiro atoms. The van der Waals surface area contributed by atoms with E-state index in [9.17, 15) is 0 Å².